The third kappa shape index (κ3) is 3.90. The van der Waals surface area contributed by atoms with Gasteiger partial charge in [0.15, 0.2) is 0 Å². The lowest BCUT2D eigenvalue weighted by Crippen LogP contribution is -2.15. The maximum absolute atomic E-state index is 12.6. The van der Waals surface area contributed by atoms with Crippen molar-refractivity contribution in [2.24, 2.45) is 7.05 Å². The number of aromatic nitrogens is 2. The standard InChI is InChI=1S/C16H15ClN4O3S2/c1-10(22)18-13-6-5-11(8-12(13)17)26(23,24)20-16-9-14(19-21(16)2)15-4-3-7-25-15/h3-9,20H,1-2H3,(H,18,22). The second-order valence-electron chi connectivity index (χ2n) is 5.44. The fourth-order valence-corrected chi connectivity index (χ4v) is 4.34. The highest BCUT2D eigenvalue weighted by molar-refractivity contribution is 7.92. The van der Waals surface area contributed by atoms with Crippen LogP contribution < -0.4 is 10.0 Å². The number of rotatable bonds is 5. The molecular weight excluding hydrogens is 396 g/mol. The van der Waals surface area contributed by atoms with E-state index in [0.29, 0.717) is 17.2 Å². The minimum absolute atomic E-state index is 0.0181. The number of sulfonamides is 1. The van der Waals surface area contributed by atoms with Crippen LogP contribution in [0.1, 0.15) is 6.92 Å². The van der Waals surface area contributed by atoms with E-state index < -0.39 is 10.0 Å². The van der Waals surface area contributed by atoms with Crippen LogP contribution in [0, 0.1) is 0 Å². The van der Waals surface area contributed by atoms with Crippen molar-refractivity contribution in [1.82, 2.24) is 9.78 Å². The molecule has 2 N–H and O–H groups in total. The Hall–Kier alpha value is -2.36. The molecule has 1 amide bonds. The van der Waals surface area contributed by atoms with Crippen molar-refractivity contribution in [1.29, 1.82) is 0 Å². The van der Waals surface area contributed by atoms with Gasteiger partial charge in [0.25, 0.3) is 10.0 Å². The molecule has 26 heavy (non-hydrogen) atoms. The number of aryl methyl sites for hydroxylation is 1. The van der Waals surface area contributed by atoms with Crippen molar-refractivity contribution in [3.8, 4) is 10.6 Å². The average Bonchev–Trinajstić information content (AvgIpc) is 3.19. The minimum Gasteiger partial charge on any atom is -0.325 e. The molecule has 1 aromatic carbocycles. The van der Waals surface area contributed by atoms with Gasteiger partial charge in [0, 0.05) is 20.0 Å². The van der Waals surface area contributed by atoms with Gasteiger partial charge in [-0.15, -0.1) is 11.3 Å². The van der Waals surface area contributed by atoms with E-state index in [1.807, 2.05) is 17.5 Å². The number of carbonyl (C=O) groups excluding carboxylic acids is 1. The van der Waals surface area contributed by atoms with Gasteiger partial charge in [-0.05, 0) is 29.6 Å². The van der Waals surface area contributed by atoms with Gasteiger partial charge in [0.1, 0.15) is 11.5 Å². The van der Waals surface area contributed by atoms with Crippen molar-refractivity contribution in [2.45, 2.75) is 11.8 Å². The summed E-state index contributed by atoms with van der Waals surface area (Å²) in [5.41, 5.74) is 1.03. The summed E-state index contributed by atoms with van der Waals surface area (Å²) in [6.07, 6.45) is 0. The van der Waals surface area contributed by atoms with E-state index in [4.69, 9.17) is 11.6 Å². The highest BCUT2D eigenvalue weighted by atomic mass is 35.5. The number of benzene rings is 1. The third-order valence-electron chi connectivity index (χ3n) is 3.45. The summed E-state index contributed by atoms with van der Waals surface area (Å²) >= 11 is 7.58. The Balaban J connectivity index is 1.88. The topological polar surface area (TPSA) is 93.1 Å². The highest BCUT2D eigenvalue weighted by Crippen LogP contribution is 2.29. The number of carbonyl (C=O) groups is 1. The van der Waals surface area contributed by atoms with Crippen molar-refractivity contribution in [2.75, 3.05) is 10.0 Å². The smallest absolute Gasteiger partial charge is 0.263 e. The van der Waals surface area contributed by atoms with Crippen LogP contribution in [0.5, 0.6) is 0 Å². The average molecular weight is 411 g/mol. The first-order valence-corrected chi connectivity index (χ1v) is 10.2. The maximum Gasteiger partial charge on any atom is 0.263 e. The van der Waals surface area contributed by atoms with Gasteiger partial charge < -0.3 is 5.32 Å². The van der Waals surface area contributed by atoms with E-state index in [-0.39, 0.29) is 15.8 Å². The van der Waals surface area contributed by atoms with Gasteiger partial charge in [-0.25, -0.2) is 8.42 Å². The summed E-state index contributed by atoms with van der Waals surface area (Å²) in [5.74, 6) is 0.0343. The van der Waals surface area contributed by atoms with Crippen LogP contribution in [0.3, 0.4) is 0 Å². The van der Waals surface area contributed by atoms with E-state index >= 15 is 0 Å². The first-order chi connectivity index (χ1) is 12.3. The molecule has 10 heteroatoms. The first-order valence-electron chi connectivity index (χ1n) is 7.44. The van der Waals surface area contributed by atoms with Crippen molar-refractivity contribution in [3.05, 3.63) is 46.8 Å². The third-order valence-corrected chi connectivity index (χ3v) is 6.01. The molecule has 0 saturated carbocycles. The number of hydrogen-bond acceptors (Lipinski definition) is 5. The molecule has 136 valence electrons. The van der Waals surface area contributed by atoms with Crippen molar-refractivity contribution in [3.63, 3.8) is 0 Å². The number of anilines is 2. The molecule has 2 heterocycles. The summed E-state index contributed by atoms with van der Waals surface area (Å²) in [6.45, 7) is 1.34. The largest absolute Gasteiger partial charge is 0.325 e. The lowest BCUT2D eigenvalue weighted by Gasteiger charge is -2.10. The van der Waals surface area contributed by atoms with Crippen molar-refractivity contribution >= 4 is 50.4 Å². The van der Waals surface area contributed by atoms with E-state index in [0.717, 1.165) is 4.88 Å². The molecule has 2 aromatic heterocycles. The van der Waals surface area contributed by atoms with Gasteiger partial charge in [0.2, 0.25) is 5.91 Å². The zero-order valence-electron chi connectivity index (χ0n) is 13.9. The van der Waals surface area contributed by atoms with Gasteiger partial charge in [-0.1, -0.05) is 17.7 Å². The number of amides is 1. The summed E-state index contributed by atoms with van der Waals surface area (Å²) in [6, 6.07) is 9.57. The molecule has 0 aliphatic rings. The van der Waals surface area contributed by atoms with Crippen LogP contribution in [0.25, 0.3) is 10.6 Å². The zero-order chi connectivity index (χ0) is 18.9. The molecule has 0 aliphatic carbocycles. The zero-order valence-corrected chi connectivity index (χ0v) is 16.2. The Morgan fingerprint density at radius 3 is 2.65 bits per heavy atom. The Morgan fingerprint density at radius 1 is 1.27 bits per heavy atom. The van der Waals surface area contributed by atoms with Crippen molar-refractivity contribution < 1.29 is 13.2 Å². The minimum atomic E-state index is -3.86. The Morgan fingerprint density at radius 2 is 2.04 bits per heavy atom. The monoisotopic (exact) mass is 410 g/mol. The summed E-state index contributed by atoms with van der Waals surface area (Å²) in [5, 5.41) is 8.91. The lowest BCUT2D eigenvalue weighted by atomic mass is 10.3. The molecular formula is C16H15ClN4O3S2. The Labute approximate surface area is 159 Å². The Kier molecular flexibility index (Phi) is 5.03. The van der Waals surface area contributed by atoms with E-state index in [1.165, 1.54) is 41.1 Å². The first kappa shape index (κ1) is 18.4. The van der Waals surface area contributed by atoms with E-state index in [9.17, 15) is 13.2 Å². The molecule has 0 unspecified atom stereocenters. The second-order valence-corrected chi connectivity index (χ2v) is 8.48. The molecule has 0 atom stereocenters. The van der Waals surface area contributed by atoms with E-state index in [2.05, 4.69) is 15.1 Å². The number of thiophene rings is 1. The number of nitrogens with zero attached hydrogens (tertiary/aromatic N) is 2. The van der Waals surface area contributed by atoms with Crippen LogP contribution in [0.4, 0.5) is 11.5 Å². The van der Waals surface area contributed by atoms with Crippen LogP contribution in [-0.4, -0.2) is 24.1 Å². The molecule has 3 rings (SSSR count). The number of hydrogen-bond donors (Lipinski definition) is 2. The predicted molar refractivity (Wildman–Crippen MR) is 103 cm³/mol. The number of nitrogens with one attached hydrogen (secondary N) is 2. The summed E-state index contributed by atoms with van der Waals surface area (Å²) in [7, 11) is -2.21. The van der Waals surface area contributed by atoms with Gasteiger partial charge in [-0.3, -0.25) is 14.2 Å². The fourth-order valence-electron chi connectivity index (χ4n) is 2.26. The fraction of sp³-hybridized carbons (Fsp3) is 0.125. The molecule has 0 radical (unpaired) electrons. The van der Waals surface area contributed by atoms with Crippen LogP contribution in [0.2, 0.25) is 5.02 Å². The van der Waals surface area contributed by atoms with Crippen LogP contribution >= 0.6 is 22.9 Å². The Bertz CT molecular complexity index is 1060. The molecule has 0 bridgehead atoms. The maximum atomic E-state index is 12.6. The molecule has 7 nitrogen and oxygen atoms in total. The molecule has 3 aromatic rings. The lowest BCUT2D eigenvalue weighted by molar-refractivity contribution is -0.114. The normalized spacial score (nSPS) is 11.3. The van der Waals surface area contributed by atoms with Crippen LogP contribution in [0.15, 0.2) is 46.7 Å². The molecule has 0 aliphatic heterocycles. The summed E-state index contributed by atoms with van der Waals surface area (Å²) < 4.78 is 29.2. The quantitative estimate of drug-likeness (QED) is 0.672. The SMILES string of the molecule is CC(=O)Nc1ccc(S(=O)(=O)Nc2cc(-c3cccs3)nn2C)cc1Cl. The highest BCUT2D eigenvalue weighted by Gasteiger charge is 2.19. The van der Waals surface area contributed by atoms with Gasteiger partial charge >= 0.3 is 0 Å². The predicted octanol–water partition coefficient (Wildman–Crippen LogP) is 3.56. The molecule has 0 fully saturated rings. The van der Waals surface area contributed by atoms with Crippen LogP contribution in [-0.2, 0) is 21.9 Å². The van der Waals surface area contributed by atoms with E-state index in [1.54, 1.807) is 13.1 Å². The number of halogens is 1. The van der Waals surface area contributed by atoms with Gasteiger partial charge in [0.05, 0.1) is 20.5 Å². The molecule has 0 saturated heterocycles. The molecule has 0 spiro atoms. The van der Waals surface area contributed by atoms with Gasteiger partial charge in [-0.2, -0.15) is 5.10 Å². The summed E-state index contributed by atoms with van der Waals surface area (Å²) in [4.78, 5) is 12.0. The second kappa shape index (κ2) is 7.10.